The van der Waals surface area contributed by atoms with Crippen LogP contribution < -0.4 is 15.4 Å². The highest BCUT2D eigenvalue weighted by molar-refractivity contribution is 5.73. The average molecular weight is 308 g/mol. The molecule has 1 heterocycles. The highest BCUT2D eigenvalue weighted by Crippen LogP contribution is 2.21. The second-order valence-corrected chi connectivity index (χ2v) is 5.33. The minimum absolute atomic E-state index is 0.184. The van der Waals surface area contributed by atoms with Gasteiger partial charge in [0.05, 0.1) is 20.3 Å². The van der Waals surface area contributed by atoms with E-state index in [0.29, 0.717) is 32.7 Å². The lowest BCUT2D eigenvalue weighted by atomic mass is 10.1. The van der Waals surface area contributed by atoms with Crippen molar-refractivity contribution in [3.8, 4) is 5.75 Å². The normalized spacial score (nSPS) is 16.3. The summed E-state index contributed by atoms with van der Waals surface area (Å²) in [4.78, 5) is 11.7. The highest BCUT2D eigenvalue weighted by atomic mass is 16.7. The largest absolute Gasteiger partial charge is 0.496 e. The van der Waals surface area contributed by atoms with E-state index in [-0.39, 0.29) is 6.03 Å². The predicted molar refractivity (Wildman–Crippen MR) is 83.0 cm³/mol. The van der Waals surface area contributed by atoms with Crippen LogP contribution in [-0.2, 0) is 15.9 Å². The molecule has 1 aliphatic heterocycles. The van der Waals surface area contributed by atoms with E-state index in [1.165, 1.54) is 0 Å². The number of hydrogen-bond donors (Lipinski definition) is 2. The molecular formula is C16H24N2O4. The van der Waals surface area contributed by atoms with Crippen LogP contribution in [0.5, 0.6) is 5.75 Å². The van der Waals surface area contributed by atoms with Gasteiger partial charge in [-0.1, -0.05) is 18.2 Å². The van der Waals surface area contributed by atoms with Gasteiger partial charge >= 0.3 is 6.03 Å². The van der Waals surface area contributed by atoms with Crippen LogP contribution >= 0.6 is 0 Å². The van der Waals surface area contributed by atoms with E-state index in [4.69, 9.17) is 14.2 Å². The van der Waals surface area contributed by atoms with E-state index in [0.717, 1.165) is 17.7 Å². The molecular weight excluding hydrogens is 284 g/mol. The van der Waals surface area contributed by atoms with Crippen molar-refractivity contribution in [1.82, 2.24) is 10.6 Å². The number of para-hydroxylation sites is 1. The minimum atomic E-state index is -0.565. The van der Waals surface area contributed by atoms with Crippen LogP contribution in [-0.4, -0.2) is 45.2 Å². The summed E-state index contributed by atoms with van der Waals surface area (Å²) in [6.45, 7) is 4.18. The summed E-state index contributed by atoms with van der Waals surface area (Å²) in [7, 11) is 1.65. The molecule has 0 bridgehead atoms. The van der Waals surface area contributed by atoms with E-state index >= 15 is 0 Å². The first-order valence-corrected chi connectivity index (χ1v) is 7.54. The van der Waals surface area contributed by atoms with E-state index in [1.807, 2.05) is 31.2 Å². The first-order valence-electron chi connectivity index (χ1n) is 7.54. The number of methoxy groups -OCH3 is 1. The van der Waals surface area contributed by atoms with Crippen LogP contribution in [0.4, 0.5) is 4.79 Å². The maximum atomic E-state index is 11.7. The molecule has 0 aliphatic carbocycles. The number of nitrogens with one attached hydrogen (secondary N) is 2. The van der Waals surface area contributed by atoms with Gasteiger partial charge in [-0.2, -0.15) is 0 Å². The van der Waals surface area contributed by atoms with Gasteiger partial charge in [-0.15, -0.1) is 0 Å². The van der Waals surface area contributed by atoms with Gasteiger partial charge in [0.25, 0.3) is 0 Å². The summed E-state index contributed by atoms with van der Waals surface area (Å²) < 4.78 is 16.2. The van der Waals surface area contributed by atoms with E-state index < -0.39 is 5.79 Å². The topological polar surface area (TPSA) is 68.8 Å². The molecule has 2 rings (SSSR count). The van der Waals surface area contributed by atoms with Crippen molar-refractivity contribution < 1.29 is 19.0 Å². The zero-order valence-electron chi connectivity index (χ0n) is 13.2. The molecule has 6 heteroatoms. The van der Waals surface area contributed by atoms with Gasteiger partial charge in [-0.25, -0.2) is 4.79 Å². The summed E-state index contributed by atoms with van der Waals surface area (Å²) in [6, 6.07) is 7.61. The van der Waals surface area contributed by atoms with Crippen LogP contribution in [0.1, 0.15) is 18.9 Å². The third kappa shape index (κ3) is 4.89. The second kappa shape index (κ2) is 8.00. The number of benzene rings is 1. The Balaban J connectivity index is 1.63. The zero-order valence-corrected chi connectivity index (χ0v) is 13.2. The molecule has 122 valence electrons. The van der Waals surface area contributed by atoms with Gasteiger partial charge in [-0.3, -0.25) is 0 Å². The lowest BCUT2D eigenvalue weighted by Gasteiger charge is -2.22. The summed E-state index contributed by atoms with van der Waals surface area (Å²) in [5.41, 5.74) is 1.07. The summed E-state index contributed by atoms with van der Waals surface area (Å²) in [5, 5.41) is 5.64. The van der Waals surface area contributed by atoms with Crippen LogP contribution in [0.2, 0.25) is 0 Å². The molecule has 1 aromatic rings. The van der Waals surface area contributed by atoms with E-state index in [2.05, 4.69) is 10.6 Å². The number of rotatable bonds is 7. The monoisotopic (exact) mass is 308 g/mol. The number of carbonyl (C=O) groups is 1. The average Bonchev–Trinajstić information content (AvgIpc) is 2.94. The Kier molecular flexibility index (Phi) is 6.03. The molecule has 6 nitrogen and oxygen atoms in total. The Bertz CT molecular complexity index is 487. The summed E-state index contributed by atoms with van der Waals surface area (Å²) in [6.07, 6.45) is 1.36. The SMILES string of the molecule is COc1ccccc1CCNC(=O)NCCC1(C)OCCO1. The fourth-order valence-electron chi connectivity index (χ4n) is 2.39. The Morgan fingerprint density at radius 2 is 1.91 bits per heavy atom. The first kappa shape index (κ1) is 16.6. The minimum Gasteiger partial charge on any atom is -0.496 e. The number of hydrogen-bond acceptors (Lipinski definition) is 4. The summed E-state index contributed by atoms with van der Waals surface area (Å²) in [5.74, 6) is 0.276. The van der Waals surface area contributed by atoms with Crippen LogP contribution in [0.15, 0.2) is 24.3 Å². The van der Waals surface area contributed by atoms with Crippen LogP contribution in [0.25, 0.3) is 0 Å². The number of carbonyl (C=O) groups excluding carboxylic acids is 1. The van der Waals surface area contributed by atoms with Gasteiger partial charge in [0.2, 0.25) is 0 Å². The molecule has 1 saturated heterocycles. The van der Waals surface area contributed by atoms with Gasteiger partial charge in [-0.05, 0) is 25.0 Å². The Labute approximate surface area is 131 Å². The zero-order chi connectivity index (χ0) is 15.8. The molecule has 22 heavy (non-hydrogen) atoms. The fourth-order valence-corrected chi connectivity index (χ4v) is 2.39. The maximum absolute atomic E-state index is 11.7. The van der Waals surface area contributed by atoms with Crippen molar-refractivity contribution >= 4 is 6.03 Å². The number of amides is 2. The van der Waals surface area contributed by atoms with Crippen molar-refractivity contribution in [2.75, 3.05) is 33.4 Å². The molecule has 0 radical (unpaired) electrons. The fraction of sp³-hybridized carbons (Fsp3) is 0.562. The van der Waals surface area contributed by atoms with Crippen LogP contribution in [0, 0.1) is 0 Å². The quantitative estimate of drug-likeness (QED) is 0.804. The first-order chi connectivity index (χ1) is 10.6. The van der Waals surface area contributed by atoms with Crippen molar-refractivity contribution in [1.29, 1.82) is 0 Å². The van der Waals surface area contributed by atoms with Gasteiger partial charge in [0.15, 0.2) is 5.79 Å². The van der Waals surface area contributed by atoms with Gasteiger partial charge < -0.3 is 24.8 Å². The third-order valence-electron chi connectivity index (χ3n) is 3.64. The molecule has 2 amide bonds. The maximum Gasteiger partial charge on any atom is 0.314 e. The molecule has 1 fully saturated rings. The predicted octanol–water partition coefficient (Wildman–Crippen LogP) is 1.69. The van der Waals surface area contributed by atoms with Crippen molar-refractivity contribution in [3.05, 3.63) is 29.8 Å². The molecule has 1 aliphatic rings. The smallest absolute Gasteiger partial charge is 0.314 e. The molecule has 1 aromatic carbocycles. The van der Waals surface area contributed by atoms with Gasteiger partial charge in [0, 0.05) is 19.5 Å². The second-order valence-electron chi connectivity index (χ2n) is 5.33. The molecule has 0 unspecified atom stereocenters. The Morgan fingerprint density at radius 1 is 1.23 bits per heavy atom. The van der Waals surface area contributed by atoms with Crippen molar-refractivity contribution in [3.63, 3.8) is 0 Å². The van der Waals surface area contributed by atoms with E-state index in [9.17, 15) is 4.79 Å². The lowest BCUT2D eigenvalue weighted by Crippen LogP contribution is -2.40. The van der Waals surface area contributed by atoms with Crippen LogP contribution in [0.3, 0.4) is 0 Å². The summed E-state index contributed by atoms with van der Waals surface area (Å²) >= 11 is 0. The number of ether oxygens (including phenoxy) is 3. The molecule has 0 atom stereocenters. The van der Waals surface area contributed by atoms with Crippen molar-refractivity contribution in [2.24, 2.45) is 0 Å². The third-order valence-corrected chi connectivity index (χ3v) is 3.64. The molecule has 0 spiro atoms. The Hall–Kier alpha value is -1.79. The molecule has 0 saturated carbocycles. The highest BCUT2D eigenvalue weighted by Gasteiger charge is 2.30. The number of urea groups is 1. The Morgan fingerprint density at radius 3 is 2.64 bits per heavy atom. The van der Waals surface area contributed by atoms with Gasteiger partial charge in [0.1, 0.15) is 5.75 Å². The van der Waals surface area contributed by atoms with E-state index in [1.54, 1.807) is 7.11 Å². The van der Waals surface area contributed by atoms with Crippen molar-refractivity contribution in [2.45, 2.75) is 25.6 Å². The molecule has 2 N–H and O–H groups in total. The standard InChI is InChI=1S/C16H24N2O4/c1-16(21-11-12-22-16)8-10-18-15(19)17-9-7-13-5-3-4-6-14(13)20-2/h3-6H,7-12H2,1-2H3,(H2,17,18,19). The molecule has 0 aromatic heterocycles. The lowest BCUT2D eigenvalue weighted by molar-refractivity contribution is -0.145.